The average Bonchev–Trinajstić information content (AvgIpc) is 2.73. The van der Waals surface area contributed by atoms with Crippen molar-refractivity contribution in [1.29, 1.82) is 0 Å². The number of anilines is 1. The fourth-order valence-electron chi connectivity index (χ4n) is 2.83. The van der Waals surface area contributed by atoms with Gasteiger partial charge in [0, 0.05) is 24.0 Å². The van der Waals surface area contributed by atoms with Crippen LogP contribution in [0.5, 0.6) is 0 Å². The largest absolute Gasteiger partial charge is 0.348 e. The molecule has 3 rings (SSSR count). The van der Waals surface area contributed by atoms with E-state index < -0.39 is 0 Å². The fourth-order valence-corrected chi connectivity index (χ4v) is 2.83. The summed E-state index contributed by atoms with van der Waals surface area (Å²) >= 11 is 0. The fraction of sp³-hybridized carbons (Fsp3) is 0.208. The van der Waals surface area contributed by atoms with Crippen LogP contribution in [-0.4, -0.2) is 16.8 Å². The molecule has 0 saturated carbocycles. The molecule has 5 heteroatoms. The number of pyridine rings is 1. The first-order valence-electron chi connectivity index (χ1n) is 9.63. The molecule has 148 valence electrons. The van der Waals surface area contributed by atoms with E-state index >= 15 is 0 Å². The summed E-state index contributed by atoms with van der Waals surface area (Å²) in [5.41, 5.74) is 4.67. The third kappa shape index (κ3) is 5.51. The Morgan fingerprint density at radius 3 is 2.28 bits per heavy atom. The normalized spacial score (nSPS) is 10.6. The second kappa shape index (κ2) is 9.15. The Kier molecular flexibility index (Phi) is 6.39. The number of carbonyl (C=O) groups excluding carboxylic acids is 2. The Hall–Kier alpha value is -3.47. The lowest BCUT2D eigenvalue weighted by molar-refractivity contribution is 0.0951. The lowest BCUT2D eigenvalue weighted by Gasteiger charge is -2.09. The molecule has 0 aliphatic rings. The number of carbonyl (C=O) groups is 2. The molecule has 0 aliphatic carbocycles. The first-order chi connectivity index (χ1) is 13.9. The lowest BCUT2D eigenvalue weighted by Crippen LogP contribution is -2.23. The lowest BCUT2D eigenvalue weighted by atomic mass is 10.0. The van der Waals surface area contributed by atoms with Crippen LogP contribution in [0.4, 0.5) is 5.69 Å². The maximum Gasteiger partial charge on any atom is 0.274 e. The number of aryl methyl sites for hydroxylation is 1. The van der Waals surface area contributed by atoms with Crippen molar-refractivity contribution in [3.8, 4) is 0 Å². The topological polar surface area (TPSA) is 71.1 Å². The number of rotatable bonds is 6. The van der Waals surface area contributed by atoms with Gasteiger partial charge in [0.25, 0.3) is 11.8 Å². The average molecular weight is 387 g/mol. The molecule has 2 aromatic carbocycles. The van der Waals surface area contributed by atoms with E-state index in [4.69, 9.17) is 0 Å². The van der Waals surface area contributed by atoms with E-state index in [0.717, 1.165) is 5.56 Å². The molecule has 1 heterocycles. The number of hydrogen-bond donors (Lipinski definition) is 2. The van der Waals surface area contributed by atoms with Gasteiger partial charge in [-0.2, -0.15) is 0 Å². The Morgan fingerprint density at radius 1 is 0.931 bits per heavy atom. The minimum atomic E-state index is -0.351. The Balaban J connectivity index is 1.63. The van der Waals surface area contributed by atoms with Crippen LogP contribution >= 0.6 is 0 Å². The molecule has 0 radical (unpaired) electrons. The highest BCUT2D eigenvalue weighted by molar-refractivity contribution is 6.04. The molecule has 5 nitrogen and oxygen atoms in total. The number of aromatic nitrogens is 1. The Morgan fingerprint density at radius 2 is 1.62 bits per heavy atom. The Bertz CT molecular complexity index is 993. The number of hydrogen-bond acceptors (Lipinski definition) is 3. The van der Waals surface area contributed by atoms with Crippen LogP contribution in [0.25, 0.3) is 0 Å². The van der Waals surface area contributed by atoms with Gasteiger partial charge in [0.2, 0.25) is 0 Å². The van der Waals surface area contributed by atoms with Gasteiger partial charge in [-0.05, 0) is 48.2 Å². The minimum absolute atomic E-state index is 0.195. The standard InChI is InChI=1S/C24H25N3O2/c1-16(2)19-8-10-21(11-9-19)27-24(29)22-14-20(12-13-25-22)23(28)26-15-18-6-4-17(3)5-7-18/h4-14,16H,15H2,1-3H3,(H,26,28)(H,27,29). The summed E-state index contributed by atoms with van der Waals surface area (Å²) < 4.78 is 0. The molecular weight excluding hydrogens is 362 g/mol. The van der Waals surface area contributed by atoms with Crippen molar-refractivity contribution in [2.24, 2.45) is 0 Å². The van der Waals surface area contributed by atoms with Crippen LogP contribution in [-0.2, 0) is 6.54 Å². The second-order valence-electron chi connectivity index (χ2n) is 7.33. The molecule has 0 bridgehead atoms. The smallest absolute Gasteiger partial charge is 0.274 e. The zero-order chi connectivity index (χ0) is 20.8. The first kappa shape index (κ1) is 20.3. The summed E-state index contributed by atoms with van der Waals surface area (Å²) in [6.45, 7) is 6.68. The van der Waals surface area contributed by atoms with Gasteiger partial charge in [-0.3, -0.25) is 14.6 Å². The van der Waals surface area contributed by atoms with Crippen LogP contribution in [0.15, 0.2) is 66.9 Å². The predicted molar refractivity (Wildman–Crippen MR) is 115 cm³/mol. The summed E-state index contributed by atoms with van der Waals surface area (Å²) in [6.07, 6.45) is 1.47. The van der Waals surface area contributed by atoms with Crippen LogP contribution in [0, 0.1) is 6.92 Å². The zero-order valence-corrected chi connectivity index (χ0v) is 16.9. The van der Waals surface area contributed by atoms with Crippen molar-refractivity contribution in [3.63, 3.8) is 0 Å². The van der Waals surface area contributed by atoms with Crippen molar-refractivity contribution in [2.75, 3.05) is 5.32 Å². The summed E-state index contributed by atoms with van der Waals surface area (Å²) in [5, 5.41) is 5.69. The van der Waals surface area contributed by atoms with E-state index in [1.54, 1.807) is 6.07 Å². The third-order valence-electron chi connectivity index (χ3n) is 4.66. The molecule has 0 aliphatic heterocycles. The molecule has 0 spiro atoms. The van der Waals surface area contributed by atoms with Gasteiger partial charge in [0.05, 0.1) is 0 Å². The molecule has 0 unspecified atom stereocenters. The van der Waals surface area contributed by atoms with Crippen molar-refractivity contribution >= 4 is 17.5 Å². The molecule has 3 aromatic rings. The molecule has 2 N–H and O–H groups in total. The van der Waals surface area contributed by atoms with Gasteiger partial charge in [0.1, 0.15) is 5.69 Å². The minimum Gasteiger partial charge on any atom is -0.348 e. The number of nitrogens with one attached hydrogen (secondary N) is 2. The van der Waals surface area contributed by atoms with E-state index in [1.807, 2.05) is 55.5 Å². The number of nitrogens with zero attached hydrogens (tertiary/aromatic N) is 1. The molecule has 0 atom stereocenters. The van der Waals surface area contributed by atoms with Crippen molar-refractivity contribution < 1.29 is 9.59 Å². The van der Waals surface area contributed by atoms with E-state index in [-0.39, 0.29) is 17.5 Å². The van der Waals surface area contributed by atoms with Crippen molar-refractivity contribution in [2.45, 2.75) is 33.2 Å². The summed E-state index contributed by atoms with van der Waals surface area (Å²) in [5.74, 6) is -0.171. The molecule has 1 aromatic heterocycles. The molecule has 0 fully saturated rings. The molecule has 29 heavy (non-hydrogen) atoms. The first-order valence-corrected chi connectivity index (χ1v) is 9.63. The quantitative estimate of drug-likeness (QED) is 0.644. The summed E-state index contributed by atoms with van der Waals surface area (Å²) in [7, 11) is 0. The molecule has 2 amide bonds. The Labute approximate surface area is 171 Å². The molecular formula is C24H25N3O2. The van der Waals surface area contributed by atoms with Gasteiger partial charge >= 0.3 is 0 Å². The highest BCUT2D eigenvalue weighted by atomic mass is 16.2. The van der Waals surface area contributed by atoms with E-state index in [1.165, 1.54) is 23.4 Å². The van der Waals surface area contributed by atoms with Gasteiger partial charge in [-0.15, -0.1) is 0 Å². The van der Waals surface area contributed by atoms with E-state index in [0.29, 0.717) is 23.7 Å². The highest BCUT2D eigenvalue weighted by Gasteiger charge is 2.12. The van der Waals surface area contributed by atoms with Crippen LogP contribution in [0.2, 0.25) is 0 Å². The SMILES string of the molecule is Cc1ccc(CNC(=O)c2ccnc(C(=O)Nc3ccc(C(C)C)cc3)c2)cc1. The summed E-state index contributed by atoms with van der Waals surface area (Å²) in [6, 6.07) is 18.8. The van der Waals surface area contributed by atoms with Crippen molar-refractivity contribution in [3.05, 3.63) is 94.8 Å². The van der Waals surface area contributed by atoms with Crippen LogP contribution in [0.1, 0.15) is 57.3 Å². The number of amides is 2. The molecule has 0 saturated heterocycles. The van der Waals surface area contributed by atoms with E-state index in [2.05, 4.69) is 29.5 Å². The van der Waals surface area contributed by atoms with Gasteiger partial charge < -0.3 is 10.6 Å². The van der Waals surface area contributed by atoms with Crippen LogP contribution < -0.4 is 10.6 Å². The van der Waals surface area contributed by atoms with Gasteiger partial charge in [0.15, 0.2) is 0 Å². The van der Waals surface area contributed by atoms with Gasteiger partial charge in [-0.25, -0.2) is 0 Å². The zero-order valence-electron chi connectivity index (χ0n) is 16.9. The van der Waals surface area contributed by atoms with Gasteiger partial charge in [-0.1, -0.05) is 55.8 Å². The highest BCUT2D eigenvalue weighted by Crippen LogP contribution is 2.17. The van der Waals surface area contributed by atoms with E-state index in [9.17, 15) is 9.59 Å². The maximum absolute atomic E-state index is 12.5. The second-order valence-corrected chi connectivity index (χ2v) is 7.33. The predicted octanol–water partition coefficient (Wildman–Crippen LogP) is 4.70. The van der Waals surface area contributed by atoms with Crippen molar-refractivity contribution in [1.82, 2.24) is 10.3 Å². The summed E-state index contributed by atoms with van der Waals surface area (Å²) in [4.78, 5) is 29.1. The monoisotopic (exact) mass is 387 g/mol. The van der Waals surface area contributed by atoms with Crippen LogP contribution in [0.3, 0.4) is 0 Å². The maximum atomic E-state index is 12.5. The third-order valence-corrected chi connectivity index (χ3v) is 4.66. The number of benzene rings is 2.